The van der Waals surface area contributed by atoms with E-state index in [1.165, 1.54) is 6.42 Å². The van der Waals surface area contributed by atoms with Gasteiger partial charge >= 0.3 is 0 Å². The number of halogens is 1. The Hall–Kier alpha value is -0.0800. The summed E-state index contributed by atoms with van der Waals surface area (Å²) in [5.41, 5.74) is 0. The number of aliphatic imine (C=N–C) groups is 1. The summed E-state index contributed by atoms with van der Waals surface area (Å²) < 4.78 is 0. The molecule has 0 aliphatic heterocycles. The van der Waals surface area contributed by atoms with Crippen molar-refractivity contribution in [3.8, 4) is 0 Å². The Morgan fingerprint density at radius 3 is 1.96 bits per heavy atom. The van der Waals surface area contributed by atoms with Crippen LogP contribution in [0.2, 0.25) is 0 Å². The highest BCUT2D eigenvalue weighted by atomic mass is 127. The Balaban J connectivity index is 0. The summed E-state index contributed by atoms with van der Waals surface area (Å²) in [5.74, 6) is 0.906. The maximum atomic E-state index is 4.30. The third-order valence-corrected chi connectivity index (χ3v) is 4.54. The Kier molecular flexibility index (Phi) is 16.6. The number of hydrogen-bond acceptors (Lipinski definition) is 3. The second kappa shape index (κ2) is 15.2. The van der Waals surface area contributed by atoms with E-state index < -0.39 is 0 Å². The van der Waals surface area contributed by atoms with Gasteiger partial charge in [-0.15, -0.1) is 24.0 Å². The quantitative estimate of drug-likeness (QED) is 0.218. The Labute approximate surface area is 168 Å². The van der Waals surface area contributed by atoms with Crippen LogP contribution in [0.1, 0.15) is 54.4 Å². The topological polar surface area (TPSA) is 42.9 Å². The Bertz CT molecular complexity index is 313. The zero-order valence-corrected chi connectivity index (χ0v) is 19.6. The molecule has 1 atom stereocenters. The average molecular weight is 455 g/mol. The van der Waals surface area contributed by atoms with E-state index in [1.54, 1.807) is 0 Å². The molecule has 0 rings (SSSR count). The van der Waals surface area contributed by atoms with Crippen LogP contribution in [-0.4, -0.2) is 74.2 Å². The van der Waals surface area contributed by atoms with Crippen LogP contribution in [0, 0.1) is 0 Å². The lowest BCUT2D eigenvalue weighted by molar-refractivity contribution is 0.173. The van der Waals surface area contributed by atoms with E-state index in [1.807, 2.05) is 7.05 Å². The molecule has 0 amide bonds. The van der Waals surface area contributed by atoms with Crippen LogP contribution in [0.15, 0.2) is 4.99 Å². The molecule has 0 fully saturated rings. The molecule has 0 saturated heterocycles. The molecule has 0 bridgehead atoms. The number of nitrogens with zero attached hydrogens (tertiary/aromatic N) is 3. The van der Waals surface area contributed by atoms with Gasteiger partial charge in [-0.3, -0.25) is 9.89 Å². The number of guanidine groups is 1. The average Bonchev–Trinajstić information content (AvgIpc) is 2.50. The van der Waals surface area contributed by atoms with Crippen molar-refractivity contribution in [2.24, 2.45) is 4.99 Å². The minimum atomic E-state index is 0. The molecule has 0 aliphatic rings. The van der Waals surface area contributed by atoms with Crippen molar-refractivity contribution in [3.05, 3.63) is 0 Å². The van der Waals surface area contributed by atoms with Crippen LogP contribution in [0.4, 0.5) is 0 Å². The summed E-state index contributed by atoms with van der Waals surface area (Å²) in [7, 11) is 4.01. The molecule has 24 heavy (non-hydrogen) atoms. The van der Waals surface area contributed by atoms with E-state index in [2.05, 4.69) is 74.0 Å². The molecule has 0 saturated carbocycles. The fraction of sp³-hybridized carbons (Fsp3) is 0.944. The van der Waals surface area contributed by atoms with Gasteiger partial charge in [-0.05, 0) is 54.5 Å². The summed E-state index contributed by atoms with van der Waals surface area (Å²) >= 11 is 0. The van der Waals surface area contributed by atoms with Crippen molar-refractivity contribution in [3.63, 3.8) is 0 Å². The smallest absolute Gasteiger partial charge is 0.191 e. The van der Waals surface area contributed by atoms with Crippen molar-refractivity contribution in [1.82, 2.24) is 20.4 Å². The van der Waals surface area contributed by atoms with Gasteiger partial charge in [-0.2, -0.15) is 0 Å². The van der Waals surface area contributed by atoms with Crippen LogP contribution in [0.25, 0.3) is 0 Å². The Morgan fingerprint density at radius 1 is 0.958 bits per heavy atom. The molecule has 146 valence electrons. The number of nitrogens with one attached hydrogen (secondary N) is 2. The predicted molar refractivity (Wildman–Crippen MR) is 119 cm³/mol. The molecule has 0 aromatic rings. The minimum Gasteiger partial charge on any atom is -0.356 e. The van der Waals surface area contributed by atoms with Crippen LogP contribution < -0.4 is 10.6 Å². The van der Waals surface area contributed by atoms with Gasteiger partial charge in [-0.1, -0.05) is 6.92 Å². The maximum Gasteiger partial charge on any atom is 0.191 e. The molecule has 2 N–H and O–H groups in total. The van der Waals surface area contributed by atoms with Crippen molar-refractivity contribution in [2.75, 3.05) is 40.3 Å². The second-order valence-electron chi connectivity index (χ2n) is 6.94. The van der Waals surface area contributed by atoms with Crippen LogP contribution in [0.5, 0.6) is 0 Å². The first-order chi connectivity index (χ1) is 10.8. The first-order valence-corrected chi connectivity index (χ1v) is 9.23. The van der Waals surface area contributed by atoms with Gasteiger partial charge in [0.1, 0.15) is 0 Å². The number of hydrogen-bond donors (Lipinski definition) is 2. The SMILES string of the molecule is CCC(C)N(C)CCNC(=NC)NCCCN(C(C)C)C(C)C.I. The highest BCUT2D eigenvalue weighted by Crippen LogP contribution is 2.05. The van der Waals surface area contributed by atoms with Crippen molar-refractivity contribution in [1.29, 1.82) is 0 Å². The molecular formula is C18H42IN5. The fourth-order valence-corrected chi connectivity index (χ4v) is 2.68. The molecule has 0 heterocycles. The van der Waals surface area contributed by atoms with Crippen LogP contribution >= 0.6 is 24.0 Å². The lowest BCUT2D eigenvalue weighted by atomic mass is 10.2. The lowest BCUT2D eigenvalue weighted by Crippen LogP contribution is -2.43. The molecular weight excluding hydrogens is 413 g/mol. The number of rotatable bonds is 11. The Morgan fingerprint density at radius 2 is 1.50 bits per heavy atom. The summed E-state index contributed by atoms with van der Waals surface area (Å²) in [5, 5.41) is 6.81. The van der Waals surface area contributed by atoms with Crippen LogP contribution in [0.3, 0.4) is 0 Å². The summed E-state index contributed by atoms with van der Waals surface area (Å²) in [6.45, 7) is 17.6. The zero-order valence-electron chi connectivity index (χ0n) is 17.2. The normalized spacial score (nSPS) is 13.6. The molecule has 6 heteroatoms. The van der Waals surface area contributed by atoms with Crippen molar-refractivity contribution >= 4 is 29.9 Å². The fourth-order valence-electron chi connectivity index (χ4n) is 2.68. The van der Waals surface area contributed by atoms with Gasteiger partial charge in [0.05, 0.1) is 0 Å². The maximum absolute atomic E-state index is 4.30. The highest BCUT2D eigenvalue weighted by molar-refractivity contribution is 14.0. The predicted octanol–water partition coefficient (Wildman–Crippen LogP) is 3.01. The standard InChI is InChI=1S/C18H41N5.HI/c1-9-17(6)22(8)14-12-21-18(19-7)20-11-10-13-23(15(2)3)16(4)5;/h15-17H,9-14H2,1-8H3,(H2,19,20,21);1H. The zero-order chi connectivity index (χ0) is 17.8. The summed E-state index contributed by atoms with van der Waals surface area (Å²) in [4.78, 5) is 9.20. The minimum absolute atomic E-state index is 0. The molecule has 1 unspecified atom stereocenters. The van der Waals surface area contributed by atoms with E-state index in [4.69, 9.17) is 0 Å². The van der Waals surface area contributed by atoms with E-state index in [0.717, 1.165) is 38.6 Å². The van der Waals surface area contributed by atoms with Crippen LogP contribution in [-0.2, 0) is 0 Å². The molecule has 0 aliphatic carbocycles. The monoisotopic (exact) mass is 455 g/mol. The molecule has 5 nitrogen and oxygen atoms in total. The molecule has 0 aromatic heterocycles. The third-order valence-electron chi connectivity index (χ3n) is 4.54. The summed E-state index contributed by atoms with van der Waals surface area (Å²) in [6.07, 6.45) is 2.31. The largest absolute Gasteiger partial charge is 0.356 e. The van der Waals surface area contributed by atoms with Crippen molar-refractivity contribution < 1.29 is 0 Å². The van der Waals surface area contributed by atoms with Gasteiger partial charge in [0.2, 0.25) is 0 Å². The molecule has 0 aromatic carbocycles. The highest BCUT2D eigenvalue weighted by Gasteiger charge is 2.12. The second-order valence-corrected chi connectivity index (χ2v) is 6.94. The first-order valence-electron chi connectivity index (χ1n) is 9.23. The van der Waals surface area contributed by atoms with Gasteiger partial charge in [0, 0.05) is 51.4 Å². The first kappa shape index (κ1) is 26.2. The molecule has 0 radical (unpaired) electrons. The van der Waals surface area contributed by atoms with E-state index >= 15 is 0 Å². The van der Waals surface area contributed by atoms with Gasteiger partial charge in [-0.25, -0.2) is 0 Å². The molecule has 0 spiro atoms. The van der Waals surface area contributed by atoms with Gasteiger partial charge in [0.15, 0.2) is 5.96 Å². The van der Waals surface area contributed by atoms with E-state index in [-0.39, 0.29) is 24.0 Å². The third kappa shape index (κ3) is 11.5. The van der Waals surface area contributed by atoms with Gasteiger partial charge in [0.25, 0.3) is 0 Å². The van der Waals surface area contributed by atoms with Crippen molar-refractivity contribution in [2.45, 2.75) is 72.5 Å². The lowest BCUT2D eigenvalue weighted by Gasteiger charge is -2.30. The summed E-state index contributed by atoms with van der Waals surface area (Å²) in [6, 6.07) is 1.83. The van der Waals surface area contributed by atoms with E-state index in [9.17, 15) is 0 Å². The van der Waals surface area contributed by atoms with E-state index in [0.29, 0.717) is 18.1 Å². The number of likely N-dealkylation sites (N-methyl/N-ethyl adjacent to an activating group) is 1. The van der Waals surface area contributed by atoms with Gasteiger partial charge < -0.3 is 15.5 Å².